The quantitative estimate of drug-likeness (QED) is 0.718. The summed E-state index contributed by atoms with van der Waals surface area (Å²) in [5.74, 6) is 0.299. The van der Waals surface area contributed by atoms with E-state index in [1.165, 1.54) is 12.1 Å². The van der Waals surface area contributed by atoms with Gasteiger partial charge in [-0.05, 0) is 37.1 Å². The van der Waals surface area contributed by atoms with E-state index >= 15 is 0 Å². The molecule has 2 saturated heterocycles. The number of nitrogens with one attached hydrogen (secondary N) is 1. The van der Waals surface area contributed by atoms with Gasteiger partial charge in [0.05, 0.1) is 18.1 Å². The minimum Gasteiger partial charge on any atom is -0.350 e. The maximum Gasteiger partial charge on any atom is 0.240 e. The van der Waals surface area contributed by atoms with Crippen LogP contribution in [-0.2, 0) is 24.3 Å². The van der Waals surface area contributed by atoms with Crippen molar-refractivity contribution in [3.63, 3.8) is 0 Å². The van der Waals surface area contributed by atoms with Gasteiger partial charge in [-0.1, -0.05) is 15.9 Å². The summed E-state index contributed by atoms with van der Waals surface area (Å²) in [6, 6.07) is 6.38. The molecular formula is C17H23BrN2O5S. The molecule has 0 spiro atoms. The maximum absolute atomic E-state index is 12.3. The standard InChI is InChI=1S/C17H23BrN2O5S/c18-14-1-3-15(4-2-14)26(22,23)19-8-5-16(21)20-9-6-13(7-10-20)17-24-11-12-25-17/h1-4,13,17,19H,5-12H2. The van der Waals surface area contributed by atoms with Gasteiger partial charge in [-0.15, -0.1) is 0 Å². The Morgan fingerprint density at radius 2 is 1.77 bits per heavy atom. The van der Waals surface area contributed by atoms with Crippen LogP contribution in [0.5, 0.6) is 0 Å². The molecule has 0 atom stereocenters. The molecular weight excluding hydrogens is 424 g/mol. The van der Waals surface area contributed by atoms with Crippen molar-refractivity contribution in [2.75, 3.05) is 32.8 Å². The Hall–Kier alpha value is -1.00. The van der Waals surface area contributed by atoms with Gasteiger partial charge in [-0.3, -0.25) is 4.79 Å². The minimum absolute atomic E-state index is 0.0322. The Kier molecular flexibility index (Phi) is 6.68. The van der Waals surface area contributed by atoms with Gasteiger partial charge in [0.2, 0.25) is 15.9 Å². The van der Waals surface area contributed by atoms with E-state index in [0.29, 0.717) is 32.2 Å². The van der Waals surface area contributed by atoms with Crippen molar-refractivity contribution in [3.8, 4) is 0 Å². The van der Waals surface area contributed by atoms with Crippen LogP contribution in [-0.4, -0.2) is 58.4 Å². The van der Waals surface area contributed by atoms with Crippen molar-refractivity contribution in [2.45, 2.75) is 30.4 Å². The first-order chi connectivity index (χ1) is 12.5. The number of hydrogen-bond acceptors (Lipinski definition) is 5. The summed E-state index contributed by atoms with van der Waals surface area (Å²) in [7, 11) is -3.60. The molecule has 1 aromatic rings. The first-order valence-electron chi connectivity index (χ1n) is 8.72. The molecule has 26 heavy (non-hydrogen) atoms. The van der Waals surface area contributed by atoms with Gasteiger partial charge in [0.25, 0.3) is 0 Å². The number of carbonyl (C=O) groups is 1. The molecule has 2 aliphatic rings. The van der Waals surface area contributed by atoms with Crippen LogP contribution in [0.1, 0.15) is 19.3 Å². The van der Waals surface area contributed by atoms with Crippen LogP contribution in [0.25, 0.3) is 0 Å². The Bertz CT molecular complexity index is 711. The Morgan fingerprint density at radius 1 is 1.15 bits per heavy atom. The second-order valence-corrected chi connectivity index (χ2v) is 9.11. The number of rotatable bonds is 6. The molecule has 144 valence electrons. The molecule has 0 bridgehead atoms. The second kappa shape index (κ2) is 8.79. The number of piperidine rings is 1. The monoisotopic (exact) mass is 446 g/mol. The van der Waals surface area contributed by atoms with Crippen molar-refractivity contribution in [3.05, 3.63) is 28.7 Å². The van der Waals surface area contributed by atoms with E-state index in [1.54, 1.807) is 17.0 Å². The van der Waals surface area contributed by atoms with Crippen LogP contribution in [0.15, 0.2) is 33.6 Å². The predicted molar refractivity (Wildman–Crippen MR) is 98.9 cm³/mol. The minimum atomic E-state index is -3.60. The zero-order valence-electron chi connectivity index (χ0n) is 14.4. The van der Waals surface area contributed by atoms with Crippen LogP contribution < -0.4 is 4.72 Å². The van der Waals surface area contributed by atoms with Crippen LogP contribution >= 0.6 is 15.9 Å². The SMILES string of the molecule is O=C(CCNS(=O)(=O)c1ccc(Br)cc1)N1CCC(C2OCCO2)CC1. The number of carbonyl (C=O) groups excluding carboxylic acids is 1. The third kappa shape index (κ3) is 5.04. The summed E-state index contributed by atoms with van der Waals surface area (Å²) in [6.07, 6.45) is 1.71. The van der Waals surface area contributed by atoms with Gasteiger partial charge < -0.3 is 14.4 Å². The Labute approximate surface area is 162 Å². The molecule has 2 fully saturated rings. The summed E-state index contributed by atoms with van der Waals surface area (Å²) in [5, 5.41) is 0. The van der Waals surface area contributed by atoms with E-state index in [-0.39, 0.29) is 30.1 Å². The average Bonchev–Trinajstić information content (AvgIpc) is 3.17. The van der Waals surface area contributed by atoms with Gasteiger partial charge in [0.15, 0.2) is 6.29 Å². The fourth-order valence-electron chi connectivity index (χ4n) is 3.22. The zero-order valence-corrected chi connectivity index (χ0v) is 16.8. The van der Waals surface area contributed by atoms with E-state index in [0.717, 1.165) is 17.3 Å². The number of likely N-dealkylation sites (tertiary alicyclic amines) is 1. The number of benzene rings is 1. The van der Waals surface area contributed by atoms with E-state index in [9.17, 15) is 13.2 Å². The summed E-state index contributed by atoms with van der Waals surface area (Å²) in [5.41, 5.74) is 0. The fourth-order valence-corrected chi connectivity index (χ4v) is 4.51. The maximum atomic E-state index is 12.3. The third-order valence-electron chi connectivity index (χ3n) is 4.68. The van der Waals surface area contributed by atoms with Crippen LogP contribution in [0.4, 0.5) is 0 Å². The van der Waals surface area contributed by atoms with Crippen molar-refractivity contribution in [1.82, 2.24) is 9.62 Å². The lowest BCUT2D eigenvalue weighted by Crippen LogP contribution is -2.42. The van der Waals surface area contributed by atoms with Gasteiger partial charge in [-0.25, -0.2) is 13.1 Å². The molecule has 0 radical (unpaired) electrons. The number of nitrogens with zero attached hydrogens (tertiary/aromatic N) is 1. The highest BCUT2D eigenvalue weighted by atomic mass is 79.9. The lowest BCUT2D eigenvalue weighted by molar-refractivity contribution is -0.136. The van der Waals surface area contributed by atoms with E-state index in [2.05, 4.69) is 20.7 Å². The van der Waals surface area contributed by atoms with Crippen molar-refractivity contribution >= 4 is 31.9 Å². The number of ether oxygens (including phenoxy) is 2. The normalized spacial score (nSPS) is 19.8. The summed E-state index contributed by atoms with van der Waals surface area (Å²) in [6.45, 7) is 2.69. The average molecular weight is 447 g/mol. The first kappa shape index (κ1) is 19.8. The molecule has 0 unspecified atom stereocenters. The molecule has 9 heteroatoms. The lowest BCUT2D eigenvalue weighted by Gasteiger charge is -2.33. The summed E-state index contributed by atoms with van der Waals surface area (Å²) >= 11 is 3.27. The van der Waals surface area contributed by atoms with Crippen LogP contribution in [0.2, 0.25) is 0 Å². The lowest BCUT2D eigenvalue weighted by atomic mass is 9.96. The summed E-state index contributed by atoms with van der Waals surface area (Å²) < 4.78 is 38.8. The van der Waals surface area contributed by atoms with E-state index < -0.39 is 10.0 Å². The third-order valence-corrected chi connectivity index (χ3v) is 6.69. The highest BCUT2D eigenvalue weighted by molar-refractivity contribution is 9.10. The molecule has 7 nitrogen and oxygen atoms in total. The predicted octanol–water partition coefficient (Wildman–Crippen LogP) is 1.73. The largest absolute Gasteiger partial charge is 0.350 e. The zero-order chi connectivity index (χ0) is 18.6. The van der Waals surface area contributed by atoms with E-state index in [4.69, 9.17) is 9.47 Å². The molecule has 2 aliphatic heterocycles. The highest BCUT2D eigenvalue weighted by Crippen LogP contribution is 2.26. The molecule has 0 aromatic heterocycles. The second-order valence-electron chi connectivity index (χ2n) is 6.43. The van der Waals surface area contributed by atoms with Gasteiger partial charge in [0.1, 0.15) is 0 Å². The van der Waals surface area contributed by atoms with Crippen LogP contribution in [0.3, 0.4) is 0 Å². The number of sulfonamides is 1. The Morgan fingerprint density at radius 3 is 2.38 bits per heavy atom. The van der Waals surface area contributed by atoms with Crippen molar-refractivity contribution in [1.29, 1.82) is 0 Å². The van der Waals surface area contributed by atoms with Gasteiger partial charge >= 0.3 is 0 Å². The summed E-state index contributed by atoms with van der Waals surface area (Å²) in [4.78, 5) is 14.3. The highest BCUT2D eigenvalue weighted by Gasteiger charge is 2.31. The number of hydrogen-bond donors (Lipinski definition) is 1. The van der Waals surface area contributed by atoms with Crippen molar-refractivity contribution < 1.29 is 22.7 Å². The van der Waals surface area contributed by atoms with Crippen LogP contribution in [0, 0.1) is 5.92 Å². The number of amides is 1. The smallest absolute Gasteiger partial charge is 0.240 e. The molecule has 0 aliphatic carbocycles. The fraction of sp³-hybridized carbons (Fsp3) is 0.588. The first-order valence-corrected chi connectivity index (χ1v) is 11.0. The Balaban J connectivity index is 1.42. The molecule has 2 heterocycles. The van der Waals surface area contributed by atoms with E-state index in [1.807, 2.05) is 0 Å². The van der Waals surface area contributed by atoms with Gasteiger partial charge in [0, 0.05) is 36.4 Å². The van der Waals surface area contributed by atoms with Gasteiger partial charge in [-0.2, -0.15) is 0 Å². The van der Waals surface area contributed by atoms with Crippen molar-refractivity contribution in [2.24, 2.45) is 5.92 Å². The number of halogens is 1. The molecule has 3 rings (SSSR count). The molecule has 0 saturated carbocycles. The molecule has 1 N–H and O–H groups in total. The topological polar surface area (TPSA) is 84.9 Å². The molecule has 1 aromatic carbocycles. The molecule has 1 amide bonds.